The first-order valence-corrected chi connectivity index (χ1v) is 5.43. The third kappa shape index (κ3) is 1.58. The highest BCUT2D eigenvalue weighted by Gasteiger charge is 2.11. The Labute approximate surface area is 103 Å². The molecule has 0 aliphatic carbocycles. The number of hydrogen-bond acceptors (Lipinski definition) is 5. The molecule has 0 aliphatic heterocycles. The maximum atomic E-state index is 5.21. The molecule has 3 aromatic rings. The Bertz CT molecular complexity index is 707. The van der Waals surface area contributed by atoms with Crippen LogP contribution in [0.25, 0.3) is 22.6 Å². The quantitative estimate of drug-likeness (QED) is 0.679. The lowest BCUT2D eigenvalue weighted by molar-refractivity contribution is 0.399. The fourth-order valence-electron chi connectivity index (χ4n) is 1.77. The van der Waals surface area contributed by atoms with Crippen molar-refractivity contribution in [2.24, 2.45) is 7.05 Å². The summed E-state index contributed by atoms with van der Waals surface area (Å²) < 4.78 is 7.06. The summed E-state index contributed by atoms with van der Waals surface area (Å²) in [6.07, 6.45) is 5.08. The van der Waals surface area contributed by atoms with Gasteiger partial charge in [0.2, 0.25) is 5.88 Å². The minimum atomic E-state index is 0.513. The molecule has 0 atom stereocenters. The Hall–Kier alpha value is -2.50. The fraction of sp³-hybridized carbons (Fsp3) is 0.167. The zero-order valence-corrected chi connectivity index (χ0v) is 10.0. The van der Waals surface area contributed by atoms with Crippen LogP contribution < -0.4 is 4.74 Å². The van der Waals surface area contributed by atoms with Gasteiger partial charge in [-0.05, 0) is 12.1 Å². The van der Waals surface area contributed by atoms with Gasteiger partial charge in [0.25, 0.3) is 0 Å². The number of hydrogen-bond donors (Lipinski definition) is 0. The van der Waals surface area contributed by atoms with Crippen molar-refractivity contribution in [2.75, 3.05) is 7.11 Å². The van der Waals surface area contributed by atoms with Gasteiger partial charge in [0, 0.05) is 13.2 Å². The topological polar surface area (TPSA) is 65.7 Å². The van der Waals surface area contributed by atoms with Crippen LogP contribution in [0.1, 0.15) is 0 Å². The molecule has 90 valence electrons. The van der Waals surface area contributed by atoms with Crippen LogP contribution in [0.15, 0.2) is 30.9 Å². The molecule has 3 heterocycles. The first-order valence-electron chi connectivity index (χ1n) is 5.43. The second-order valence-electron chi connectivity index (χ2n) is 3.82. The van der Waals surface area contributed by atoms with Gasteiger partial charge in [0.1, 0.15) is 5.52 Å². The predicted octanol–water partition coefficient (Wildman–Crippen LogP) is 1.43. The predicted molar refractivity (Wildman–Crippen MR) is 66.1 cm³/mol. The van der Waals surface area contributed by atoms with Gasteiger partial charge in [-0.2, -0.15) is 0 Å². The Morgan fingerprint density at radius 3 is 2.94 bits per heavy atom. The smallest absolute Gasteiger partial charge is 0.224 e. The molecule has 0 N–H and O–H groups in total. The van der Waals surface area contributed by atoms with Gasteiger partial charge >= 0.3 is 0 Å². The Morgan fingerprint density at radius 1 is 1.22 bits per heavy atom. The van der Waals surface area contributed by atoms with Gasteiger partial charge in [-0.1, -0.05) is 0 Å². The van der Waals surface area contributed by atoms with E-state index in [2.05, 4.69) is 19.9 Å². The molecule has 0 unspecified atom stereocenters. The normalized spacial score (nSPS) is 10.8. The van der Waals surface area contributed by atoms with E-state index in [0.29, 0.717) is 11.7 Å². The average molecular weight is 241 g/mol. The average Bonchev–Trinajstić information content (AvgIpc) is 2.80. The lowest BCUT2D eigenvalue weighted by atomic mass is 10.2. The second-order valence-corrected chi connectivity index (χ2v) is 3.82. The molecule has 3 rings (SSSR count). The summed E-state index contributed by atoms with van der Waals surface area (Å²) >= 11 is 0. The highest BCUT2D eigenvalue weighted by Crippen LogP contribution is 2.25. The molecule has 0 aromatic carbocycles. The minimum Gasteiger partial charge on any atom is -0.480 e. The molecule has 0 aliphatic rings. The van der Waals surface area contributed by atoms with E-state index in [-0.39, 0.29) is 0 Å². The molecule has 0 amide bonds. The molecule has 6 nitrogen and oxygen atoms in total. The Morgan fingerprint density at radius 2 is 2.11 bits per heavy atom. The van der Waals surface area contributed by atoms with Crippen LogP contribution in [0.2, 0.25) is 0 Å². The number of imidazole rings is 1. The van der Waals surface area contributed by atoms with Crippen LogP contribution in [0.5, 0.6) is 5.88 Å². The highest BCUT2D eigenvalue weighted by atomic mass is 16.5. The molecule has 0 radical (unpaired) electrons. The van der Waals surface area contributed by atoms with Crippen molar-refractivity contribution < 1.29 is 4.74 Å². The van der Waals surface area contributed by atoms with Crippen LogP contribution in [0.3, 0.4) is 0 Å². The third-order valence-electron chi connectivity index (χ3n) is 2.66. The van der Waals surface area contributed by atoms with Crippen molar-refractivity contribution >= 4 is 11.2 Å². The summed E-state index contributed by atoms with van der Waals surface area (Å²) in [6, 6.07) is 3.71. The second kappa shape index (κ2) is 4.06. The molecular formula is C12H11N5O. The van der Waals surface area contributed by atoms with Crippen LogP contribution in [0, 0.1) is 0 Å². The first kappa shape index (κ1) is 10.6. The zero-order chi connectivity index (χ0) is 12.5. The maximum Gasteiger partial charge on any atom is 0.224 e. The van der Waals surface area contributed by atoms with Gasteiger partial charge in [0.05, 0.1) is 25.2 Å². The third-order valence-corrected chi connectivity index (χ3v) is 2.66. The number of pyridine rings is 1. The minimum absolute atomic E-state index is 0.513. The maximum absolute atomic E-state index is 5.21. The molecular weight excluding hydrogens is 230 g/mol. The Balaban J connectivity index is 2.21. The van der Waals surface area contributed by atoms with E-state index in [0.717, 1.165) is 16.7 Å². The van der Waals surface area contributed by atoms with Gasteiger partial charge in [0.15, 0.2) is 11.5 Å². The van der Waals surface area contributed by atoms with E-state index >= 15 is 0 Å². The molecule has 6 heteroatoms. The van der Waals surface area contributed by atoms with Crippen molar-refractivity contribution in [1.82, 2.24) is 24.5 Å². The van der Waals surface area contributed by atoms with E-state index in [4.69, 9.17) is 4.74 Å². The number of rotatable bonds is 2. The molecule has 18 heavy (non-hydrogen) atoms. The van der Waals surface area contributed by atoms with Gasteiger partial charge in [-0.25, -0.2) is 19.9 Å². The first-order chi connectivity index (χ1) is 8.79. The van der Waals surface area contributed by atoms with E-state index in [1.54, 1.807) is 25.8 Å². The van der Waals surface area contributed by atoms with E-state index in [9.17, 15) is 0 Å². The van der Waals surface area contributed by atoms with E-state index in [1.807, 2.05) is 23.7 Å². The molecule has 3 aromatic heterocycles. The number of fused-ring (bicyclic) bond motifs is 1. The summed E-state index contributed by atoms with van der Waals surface area (Å²) in [6.45, 7) is 0. The van der Waals surface area contributed by atoms with Crippen molar-refractivity contribution in [3.8, 4) is 17.3 Å². The lowest BCUT2D eigenvalue weighted by Crippen LogP contribution is -1.96. The summed E-state index contributed by atoms with van der Waals surface area (Å²) in [4.78, 5) is 17.1. The number of ether oxygens (including phenoxy) is 1. The van der Waals surface area contributed by atoms with Crippen molar-refractivity contribution in [1.29, 1.82) is 0 Å². The monoisotopic (exact) mass is 241 g/mol. The molecule has 0 saturated carbocycles. The van der Waals surface area contributed by atoms with Crippen molar-refractivity contribution in [3.05, 3.63) is 30.9 Å². The SMILES string of the molecule is COc1ncccc1-c1ncc2ncn(C)c2n1. The number of aromatic nitrogens is 5. The molecule has 0 saturated heterocycles. The molecule has 0 spiro atoms. The number of aryl methyl sites for hydroxylation is 1. The van der Waals surface area contributed by atoms with E-state index in [1.165, 1.54) is 0 Å². The van der Waals surface area contributed by atoms with Gasteiger partial charge in [-0.3, -0.25) is 0 Å². The zero-order valence-electron chi connectivity index (χ0n) is 10.0. The Kier molecular flexibility index (Phi) is 2.40. The van der Waals surface area contributed by atoms with Crippen LogP contribution in [0.4, 0.5) is 0 Å². The van der Waals surface area contributed by atoms with Gasteiger partial charge < -0.3 is 9.30 Å². The molecule has 0 fully saturated rings. The lowest BCUT2D eigenvalue weighted by Gasteiger charge is -2.05. The summed E-state index contributed by atoms with van der Waals surface area (Å²) in [5, 5.41) is 0. The van der Waals surface area contributed by atoms with Gasteiger partial charge in [-0.15, -0.1) is 0 Å². The van der Waals surface area contributed by atoms with Crippen molar-refractivity contribution in [3.63, 3.8) is 0 Å². The van der Waals surface area contributed by atoms with Crippen LogP contribution in [-0.4, -0.2) is 31.6 Å². The standard InChI is InChI=1S/C12H11N5O/c1-17-7-15-9-6-14-10(16-11(9)17)8-4-3-5-13-12(8)18-2/h3-7H,1-2H3. The highest BCUT2D eigenvalue weighted by molar-refractivity contribution is 5.73. The molecule has 0 bridgehead atoms. The van der Waals surface area contributed by atoms with Crippen LogP contribution >= 0.6 is 0 Å². The largest absolute Gasteiger partial charge is 0.480 e. The van der Waals surface area contributed by atoms with Crippen molar-refractivity contribution in [2.45, 2.75) is 0 Å². The van der Waals surface area contributed by atoms with E-state index < -0.39 is 0 Å². The fourth-order valence-corrected chi connectivity index (χ4v) is 1.77. The number of nitrogens with zero attached hydrogens (tertiary/aromatic N) is 5. The summed E-state index contributed by atoms with van der Waals surface area (Å²) in [7, 11) is 3.47. The van der Waals surface area contributed by atoms with Crippen LogP contribution in [-0.2, 0) is 7.05 Å². The summed E-state index contributed by atoms with van der Waals surface area (Å²) in [5.74, 6) is 1.09. The number of methoxy groups -OCH3 is 1. The summed E-state index contributed by atoms with van der Waals surface area (Å²) in [5.41, 5.74) is 2.32.